The average molecular weight is 318 g/mol. The topological polar surface area (TPSA) is 43.2 Å². The number of benzene rings is 1. The Balaban J connectivity index is 1.79. The molecule has 1 unspecified atom stereocenters. The van der Waals surface area contributed by atoms with Crippen molar-refractivity contribution in [1.82, 2.24) is 14.8 Å². The lowest BCUT2D eigenvalue weighted by Crippen LogP contribution is -2.14. The SMILES string of the molecule is CCOc1ccc(N2CCn3c(SC(C)CC)nnc32)cc1. The van der Waals surface area contributed by atoms with Crippen molar-refractivity contribution in [2.24, 2.45) is 0 Å². The number of hydrogen-bond acceptors (Lipinski definition) is 5. The van der Waals surface area contributed by atoms with E-state index >= 15 is 0 Å². The highest BCUT2D eigenvalue weighted by Crippen LogP contribution is 2.34. The van der Waals surface area contributed by atoms with Crippen LogP contribution in [0.5, 0.6) is 5.75 Å². The van der Waals surface area contributed by atoms with Gasteiger partial charge in [-0.1, -0.05) is 25.6 Å². The molecule has 2 heterocycles. The molecule has 1 aromatic heterocycles. The molecule has 22 heavy (non-hydrogen) atoms. The Kier molecular flexibility index (Phi) is 4.57. The van der Waals surface area contributed by atoms with Gasteiger partial charge in [-0.05, 0) is 37.6 Å². The zero-order valence-electron chi connectivity index (χ0n) is 13.3. The molecule has 3 rings (SSSR count). The fourth-order valence-electron chi connectivity index (χ4n) is 2.46. The number of anilines is 2. The summed E-state index contributed by atoms with van der Waals surface area (Å²) in [6.07, 6.45) is 1.13. The highest BCUT2D eigenvalue weighted by Gasteiger charge is 2.26. The lowest BCUT2D eigenvalue weighted by molar-refractivity contribution is 0.340. The van der Waals surface area contributed by atoms with E-state index in [4.69, 9.17) is 4.74 Å². The van der Waals surface area contributed by atoms with E-state index in [1.54, 1.807) is 11.8 Å². The van der Waals surface area contributed by atoms with Crippen LogP contribution >= 0.6 is 11.8 Å². The maximum Gasteiger partial charge on any atom is 0.232 e. The molecule has 2 aromatic rings. The van der Waals surface area contributed by atoms with Gasteiger partial charge in [0.1, 0.15) is 5.75 Å². The van der Waals surface area contributed by atoms with Crippen LogP contribution in [0, 0.1) is 0 Å². The molecular formula is C16H22N4OS. The van der Waals surface area contributed by atoms with Gasteiger partial charge >= 0.3 is 0 Å². The van der Waals surface area contributed by atoms with E-state index in [1.807, 2.05) is 19.1 Å². The minimum Gasteiger partial charge on any atom is -0.494 e. The maximum absolute atomic E-state index is 5.50. The fourth-order valence-corrected chi connectivity index (χ4v) is 3.38. The Morgan fingerprint density at radius 2 is 1.95 bits per heavy atom. The third kappa shape index (κ3) is 2.92. The Labute approximate surface area is 135 Å². The van der Waals surface area contributed by atoms with E-state index in [0.717, 1.165) is 42.1 Å². The third-order valence-electron chi connectivity index (χ3n) is 3.83. The van der Waals surface area contributed by atoms with Crippen LogP contribution in [0.4, 0.5) is 11.6 Å². The molecule has 0 bridgehead atoms. The van der Waals surface area contributed by atoms with Crippen LogP contribution in [0.1, 0.15) is 27.2 Å². The molecule has 0 saturated carbocycles. The predicted molar refractivity (Wildman–Crippen MR) is 90.2 cm³/mol. The summed E-state index contributed by atoms with van der Waals surface area (Å²) in [5.41, 5.74) is 1.13. The molecule has 0 fully saturated rings. The number of nitrogens with zero attached hydrogens (tertiary/aromatic N) is 4. The molecule has 1 aromatic carbocycles. The lowest BCUT2D eigenvalue weighted by Gasteiger charge is -2.15. The van der Waals surface area contributed by atoms with Crippen molar-refractivity contribution in [3.05, 3.63) is 24.3 Å². The second kappa shape index (κ2) is 6.60. The van der Waals surface area contributed by atoms with Crippen molar-refractivity contribution in [2.45, 2.75) is 44.1 Å². The summed E-state index contributed by atoms with van der Waals surface area (Å²) >= 11 is 1.80. The summed E-state index contributed by atoms with van der Waals surface area (Å²) in [5.74, 6) is 1.84. The number of hydrogen-bond donors (Lipinski definition) is 0. The van der Waals surface area contributed by atoms with E-state index < -0.39 is 0 Å². The van der Waals surface area contributed by atoms with Crippen molar-refractivity contribution >= 4 is 23.4 Å². The number of fused-ring (bicyclic) bond motifs is 1. The lowest BCUT2D eigenvalue weighted by atomic mass is 10.3. The van der Waals surface area contributed by atoms with Crippen molar-refractivity contribution in [1.29, 1.82) is 0 Å². The molecule has 118 valence electrons. The second-order valence-corrected chi connectivity index (χ2v) is 6.76. The van der Waals surface area contributed by atoms with Gasteiger partial charge in [-0.3, -0.25) is 4.57 Å². The van der Waals surface area contributed by atoms with Crippen LogP contribution in [0.15, 0.2) is 29.4 Å². The Morgan fingerprint density at radius 3 is 2.64 bits per heavy atom. The summed E-state index contributed by atoms with van der Waals surface area (Å²) in [6.45, 7) is 8.98. The number of thioether (sulfide) groups is 1. The van der Waals surface area contributed by atoms with Crippen molar-refractivity contribution in [3.8, 4) is 5.75 Å². The van der Waals surface area contributed by atoms with Crippen molar-refractivity contribution in [2.75, 3.05) is 18.1 Å². The second-order valence-electron chi connectivity index (χ2n) is 5.35. The predicted octanol–water partition coefficient (Wildman–Crippen LogP) is 3.72. The minimum absolute atomic E-state index is 0.563. The molecule has 1 atom stereocenters. The molecule has 0 amide bonds. The van der Waals surface area contributed by atoms with E-state index in [2.05, 4.69) is 45.6 Å². The zero-order chi connectivity index (χ0) is 15.5. The maximum atomic E-state index is 5.50. The quantitative estimate of drug-likeness (QED) is 0.760. The number of rotatable bonds is 6. The molecule has 0 spiro atoms. The first kappa shape index (κ1) is 15.2. The standard InChI is InChI=1S/C16H22N4OS/c1-4-12(3)22-16-18-17-15-19(10-11-20(15)16)13-6-8-14(9-7-13)21-5-2/h6-9,12H,4-5,10-11H2,1-3H3. The average Bonchev–Trinajstić information content (AvgIpc) is 3.11. The van der Waals surface area contributed by atoms with Gasteiger partial charge in [0.05, 0.1) is 6.61 Å². The summed E-state index contributed by atoms with van der Waals surface area (Å²) in [7, 11) is 0. The largest absolute Gasteiger partial charge is 0.494 e. The first-order chi connectivity index (χ1) is 10.7. The molecular weight excluding hydrogens is 296 g/mol. The van der Waals surface area contributed by atoms with E-state index in [0.29, 0.717) is 11.9 Å². The van der Waals surface area contributed by atoms with Crippen molar-refractivity contribution < 1.29 is 4.74 Å². The van der Waals surface area contributed by atoms with Gasteiger partial charge in [-0.2, -0.15) is 0 Å². The van der Waals surface area contributed by atoms with Gasteiger partial charge in [0.25, 0.3) is 0 Å². The Hall–Kier alpha value is -1.69. The molecule has 0 N–H and O–H groups in total. The Morgan fingerprint density at radius 1 is 1.18 bits per heavy atom. The van der Waals surface area contributed by atoms with Crippen LogP contribution in [0.2, 0.25) is 0 Å². The number of ether oxygens (including phenoxy) is 1. The summed E-state index contributed by atoms with van der Waals surface area (Å²) in [6, 6.07) is 8.17. The fraction of sp³-hybridized carbons (Fsp3) is 0.500. The molecule has 0 aliphatic carbocycles. The highest BCUT2D eigenvalue weighted by atomic mass is 32.2. The van der Waals surface area contributed by atoms with Crippen LogP contribution in [-0.2, 0) is 6.54 Å². The highest BCUT2D eigenvalue weighted by molar-refractivity contribution is 7.99. The van der Waals surface area contributed by atoms with E-state index in [9.17, 15) is 0 Å². The summed E-state index contributed by atoms with van der Waals surface area (Å²) in [4.78, 5) is 2.21. The molecule has 0 radical (unpaired) electrons. The van der Waals surface area contributed by atoms with Gasteiger partial charge in [0, 0.05) is 24.0 Å². The van der Waals surface area contributed by atoms with Crippen LogP contribution in [0.3, 0.4) is 0 Å². The first-order valence-electron chi connectivity index (χ1n) is 7.83. The van der Waals surface area contributed by atoms with Gasteiger partial charge in [-0.25, -0.2) is 0 Å². The minimum atomic E-state index is 0.563. The number of aromatic nitrogens is 3. The smallest absolute Gasteiger partial charge is 0.232 e. The first-order valence-corrected chi connectivity index (χ1v) is 8.71. The molecule has 1 aliphatic rings. The molecule has 6 heteroatoms. The van der Waals surface area contributed by atoms with Gasteiger partial charge in [-0.15, -0.1) is 10.2 Å². The summed E-state index contributed by atoms with van der Waals surface area (Å²) < 4.78 is 7.71. The molecule has 5 nitrogen and oxygen atoms in total. The van der Waals surface area contributed by atoms with E-state index in [1.165, 1.54) is 0 Å². The third-order valence-corrected chi connectivity index (χ3v) is 5.08. The van der Waals surface area contributed by atoms with Gasteiger partial charge in [0.2, 0.25) is 5.95 Å². The normalized spacial score (nSPS) is 15.0. The van der Waals surface area contributed by atoms with Crippen molar-refractivity contribution in [3.63, 3.8) is 0 Å². The van der Waals surface area contributed by atoms with Crippen LogP contribution in [0.25, 0.3) is 0 Å². The van der Waals surface area contributed by atoms with Gasteiger partial charge in [0.15, 0.2) is 5.16 Å². The van der Waals surface area contributed by atoms with Crippen LogP contribution in [-0.4, -0.2) is 33.2 Å². The summed E-state index contributed by atoms with van der Waals surface area (Å²) in [5, 5.41) is 10.3. The zero-order valence-corrected chi connectivity index (χ0v) is 14.1. The monoisotopic (exact) mass is 318 g/mol. The van der Waals surface area contributed by atoms with Gasteiger partial charge < -0.3 is 9.64 Å². The molecule has 1 aliphatic heterocycles. The molecule has 0 saturated heterocycles. The van der Waals surface area contributed by atoms with E-state index in [-0.39, 0.29) is 0 Å². The van der Waals surface area contributed by atoms with Crippen LogP contribution < -0.4 is 9.64 Å². The Bertz CT molecular complexity index is 626.